The van der Waals surface area contributed by atoms with Gasteiger partial charge in [0.2, 0.25) is 0 Å². The van der Waals surface area contributed by atoms with Crippen LogP contribution in [0.3, 0.4) is 0 Å². The smallest absolute Gasteiger partial charge is 0.310 e. The first kappa shape index (κ1) is 31.2. The van der Waals surface area contributed by atoms with E-state index in [-0.39, 0.29) is 6.42 Å². The van der Waals surface area contributed by atoms with Crippen molar-refractivity contribution < 1.29 is 19.8 Å². The van der Waals surface area contributed by atoms with Gasteiger partial charge in [-0.2, -0.15) is 0 Å². The zero-order chi connectivity index (χ0) is 24.9. The lowest BCUT2D eigenvalue weighted by Gasteiger charge is -2.09. The van der Waals surface area contributed by atoms with Crippen molar-refractivity contribution in [1.29, 1.82) is 0 Å². The van der Waals surface area contributed by atoms with E-state index in [1.54, 1.807) is 6.92 Å². The van der Waals surface area contributed by atoms with E-state index in [1.165, 1.54) is 76.2 Å². The third-order valence-electron chi connectivity index (χ3n) is 5.98. The molecule has 1 aromatic carbocycles. The van der Waals surface area contributed by atoms with Gasteiger partial charge in [0.1, 0.15) is 0 Å². The molecule has 0 aliphatic rings. The summed E-state index contributed by atoms with van der Waals surface area (Å²) in [7, 11) is 0. The van der Waals surface area contributed by atoms with Crippen LogP contribution in [0.15, 0.2) is 24.3 Å². The number of carbonyl (C=O) groups is 2. The van der Waals surface area contributed by atoms with Crippen LogP contribution >= 0.6 is 0 Å². The molecule has 0 heterocycles. The van der Waals surface area contributed by atoms with Crippen LogP contribution in [0.5, 0.6) is 0 Å². The fourth-order valence-electron chi connectivity index (χ4n) is 3.84. The van der Waals surface area contributed by atoms with Gasteiger partial charge in [-0.15, -0.1) is 0 Å². The Labute approximate surface area is 203 Å². The number of carboxylic acid groups (broad SMARTS) is 2. The maximum atomic E-state index is 10.8. The molecular weight excluding hydrogens is 412 g/mol. The fourth-order valence-corrected chi connectivity index (χ4v) is 3.84. The first-order valence-electron chi connectivity index (χ1n) is 13.3. The Morgan fingerprint density at radius 1 is 0.758 bits per heavy atom. The Morgan fingerprint density at radius 3 is 1.55 bits per heavy atom. The van der Waals surface area contributed by atoms with Crippen molar-refractivity contribution in [2.75, 3.05) is 0 Å². The van der Waals surface area contributed by atoms with Crippen LogP contribution < -0.4 is 5.11 Å². The van der Waals surface area contributed by atoms with Crippen LogP contribution in [0.2, 0.25) is 0 Å². The zero-order valence-corrected chi connectivity index (χ0v) is 21.7. The number of hydrogen-bond donors (Lipinski definition) is 1. The highest BCUT2D eigenvalue weighted by molar-refractivity contribution is 5.75. The highest BCUT2D eigenvalue weighted by Gasteiger charge is 2.12. The largest absolute Gasteiger partial charge is 0.550 e. The summed E-state index contributed by atoms with van der Waals surface area (Å²) >= 11 is 0. The second-order valence-corrected chi connectivity index (χ2v) is 9.76. The first-order chi connectivity index (χ1) is 15.8. The SMILES string of the molecule is CC(C)Cc1ccc(C(C)C(=O)O)cc1.CCCCCCCCCCCCCCCC(=O)[O-]. The highest BCUT2D eigenvalue weighted by atomic mass is 16.4. The van der Waals surface area contributed by atoms with E-state index in [2.05, 4.69) is 20.8 Å². The minimum absolute atomic E-state index is 0.234. The van der Waals surface area contributed by atoms with Crippen molar-refractivity contribution in [1.82, 2.24) is 0 Å². The normalized spacial score (nSPS) is 11.7. The van der Waals surface area contributed by atoms with Gasteiger partial charge in [-0.25, -0.2) is 0 Å². The molecule has 33 heavy (non-hydrogen) atoms. The summed E-state index contributed by atoms with van der Waals surface area (Å²) < 4.78 is 0. The Bertz CT molecular complexity index is 607. The molecule has 0 spiro atoms. The van der Waals surface area contributed by atoms with Gasteiger partial charge in [-0.3, -0.25) is 4.79 Å². The Hall–Kier alpha value is -1.84. The summed E-state index contributed by atoms with van der Waals surface area (Å²) in [5.41, 5.74) is 2.14. The Morgan fingerprint density at radius 2 is 1.18 bits per heavy atom. The number of unbranched alkanes of at least 4 members (excludes halogenated alkanes) is 12. The van der Waals surface area contributed by atoms with Gasteiger partial charge in [0, 0.05) is 5.97 Å². The summed E-state index contributed by atoms with van der Waals surface area (Å²) in [6.07, 6.45) is 18.0. The molecule has 0 aliphatic carbocycles. The molecule has 4 nitrogen and oxygen atoms in total. The summed E-state index contributed by atoms with van der Waals surface area (Å²) in [6, 6.07) is 7.87. The molecule has 1 aromatic rings. The zero-order valence-electron chi connectivity index (χ0n) is 21.7. The minimum Gasteiger partial charge on any atom is -0.550 e. The number of aliphatic carboxylic acids is 2. The van der Waals surface area contributed by atoms with Gasteiger partial charge in [-0.1, -0.05) is 122 Å². The second-order valence-electron chi connectivity index (χ2n) is 9.76. The summed E-state index contributed by atoms with van der Waals surface area (Å²) in [5, 5.41) is 19.0. The predicted octanol–water partition coefficient (Wildman–Crippen LogP) is 7.29. The van der Waals surface area contributed by atoms with Crippen molar-refractivity contribution in [3.63, 3.8) is 0 Å². The van der Waals surface area contributed by atoms with Crippen LogP contribution in [0.25, 0.3) is 0 Å². The number of carbonyl (C=O) groups excluding carboxylic acids is 1. The molecule has 4 heteroatoms. The quantitative estimate of drug-likeness (QED) is 0.233. The molecule has 0 saturated heterocycles. The topological polar surface area (TPSA) is 77.4 Å². The van der Waals surface area contributed by atoms with E-state index in [1.807, 2.05) is 24.3 Å². The lowest BCUT2D eigenvalue weighted by atomic mass is 9.97. The Kier molecular flexibility index (Phi) is 19.6. The fraction of sp³-hybridized carbons (Fsp3) is 0.724. The second kappa shape index (κ2) is 20.7. The van der Waals surface area contributed by atoms with Gasteiger partial charge in [-0.05, 0) is 43.2 Å². The Balaban J connectivity index is 0.000000629. The predicted molar refractivity (Wildman–Crippen MR) is 136 cm³/mol. The maximum Gasteiger partial charge on any atom is 0.310 e. The number of benzene rings is 1. The van der Waals surface area contributed by atoms with E-state index >= 15 is 0 Å². The molecule has 190 valence electrons. The van der Waals surface area contributed by atoms with E-state index in [0.717, 1.165) is 24.8 Å². The third kappa shape index (κ3) is 19.3. The molecule has 0 saturated carbocycles. The van der Waals surface area contributed by atoms with E-state index in [0.29, 0.717) is 5.92 Å². The summed E-state index contributed by atoms with van der Waals surface area (Å²) in [4.78, 5) is 21.0. The molecule has 0 aliphatic heterocycles. The summed E-state index contributed by atoms with van der Waals surface area (Å²) in [5.74, 6) is -1.46. The lowest BCUT2D eigenvalue weighted by molar-refractivity contribution is -0.305. The first-order valence-corrected chi connectivity index (χ1v) is 13.3. The van der Waals surface area contributed by atoms with Crippen molar-refractivity contribution >= 4 is 11.9 Å². The third-order valence-corrected chi connectivity index (χ3v) is 5.98. The monoisotopic (exact) mass is 461 g/mol. The average Bonchev–Trinajstić information content (AvgIpc) is 2.77. The van der Waals surface area contributed by atoms with Crippen LogP contribution in [0, 0.1) is 5.92 Å². The minimum atomic E-state index is -0.905. The standard InChI is InChI=1S/C16H32O2.C13H18O2/c1-2-3-4-5-6-7-8-9-10-11-12-13-14-15-16(17)18;1-9(2)8-11-4-6-12(7-5-11)10(3)13(14)15/h2-15H2,1H3,(H,17,18);4-7,9-10H,8H2,1-3H3,(H,14,15)/p-1. The number of carboxylic acids is 2. The molecule has 0 aromatic heterocycles. The van der Waals surface area contributed by atoms with Gasteiger partial charge in [0.05, 0.1) is 5.92 Å². The van der Waals surface area contributed by atoms with Crippen LogP contribution in [0.4, 0.5) is 0 Å². The van der Waals surface area contributed by atoms with E-state index in [9.17, 15) is 14.7 Å². The highest BCUT2D eigenvalue weighted by Crippen LogP contribution is 2.17. The van der Waals surface area contributed by atoms with Gasteiger partial charge >= 0.3 is 5.97 Å². The van der Waals surface area contributed by atoms with Gasteiger partial charge in [0.25, 0.3) is 0 Å². The van der Waals surface area contributed by atoms with Crippen LogP contribution in [-0.2, 0) is 16.0 Å². The van der Waals surface area contributed by atoms with Crippen molar-refractivity contribution in [2.45, 2.75) is 130 Å². The summed E-state index contributed by atoms with van der Waals surface area (Å²) in [6.45, 7) is 8.31. The maximum absolute atomic E-state index is 10.8. The van der Waals surface area contributed by atoms with Crippen molar-refractivity contribution in [2.24, 2.45) is 5.92 Å². The van der Waals surface area contributed by atoms with Crippen LogP contribution in [-0.4, -0.2) is 17.0 Å². The molecule has 1 unspecified atom stereocenters. The van der Waals surface area contributed by atoms with Crippen LogP contribution in [0.1, 0.15) is 135 Å². The van der Waals surface area contributed by atoms with Gasteiger partial charge in [0.15, 0.2) is 0 Å². The molecule has 0 radical (unpaired) electrons. The average molecular weight is 462 g/mol. The van der Waals surface area contributed by atoms with E-state index < -0.39 is 17.9 Å². The molecule has 1 atom stereocenters. The van der Waals surface area contributed by atoms with Crippen molar-refractivity contribution in [3.8, 4) is 0 Å². The molecule has 0 fully saturated rings. The van der Waals surface area contributed by atoms with E-state index in [4.69, 9.17) is 5.11 Å². The molecule has 0 bridgehead atoms. The lowest BCUT2D eigenvalue weighted by Crippen LogP contribution is -2.21. The molecule has 0 amide bonds. The number of hydrogen-bond acceptors (Lipinski definition) is 3. The molecule has 1 rings (SSSR count). The molecular formula is C29H49O4-. The molecule has 1 N–H and O–H groups in total. The van der Waals surface area contributed by atoms with Gasteiger partial charge < -0.3 is 15.0 Å². The number of rotatable bonds is 18. The van der Waals surface area contributed by atoms with Crippen molar-refractivity contribution in [3.05, 3.63) is 35.4 Å².